The predicted molar refractivity (Wildman–Crippen MR) is 65.4 cm³/mol. The van der Waals surface area contributed by atoms with Gasteiger partial charge in [-0.15, -0.1) is 24.2 Å². The van der Waals surface area contributed by atoms with Crippen molar-refractivity contribution in [2.45, 2.75) is 24.3 Å². The minimum Gasteiger partial charge on any atom is -0.310 e. The molecule has 1 heterocycles. The van der Waals surface area contributed by atoms with Crippen LogP contribution in [0.3, 0.4) is 0 Å². The molecule has 1 aliphatic rings. The summed E-state index contributed by atoms with van der Waals surface area (Å²) in [5.41, 5.74) is 1.44. The Hall–Kier alpha value is -0.180. The molecule has 0 bridgehead atoms. The SMILES string of the molecule is CCSc1ccc([C@H]2CCN2)cc1.Cl. The molecule has 1 nitrogen and oxygen atoms in total. The first-order valence-corrected chi connectivity index (χ1v) is 5.85. The molecular formula is C11H16ClNS. The smallest absolute Gasteiger partial charge is 0.0332 e. The lowest BCUT2D eigenvalue weighted by Crippen LogP contribution is -2.34. The molecule has 1 aliphatic heterocycles. The van der Waals surface area contributed by atoms with E-state index in [9.17, 15) is 0 Å². The maximum atomic E-state index is 3.41. The second-order valence-electron chi connectivity index (χ2n) is 3.30. The van der Waals surface area contributed by atoms with Crippen molar-refractivity contribution < 1.29 is 0 Å². The first-order valence-electron chi connectivity index (χ1n) is 4.86. The molecule has 1 fully saturated rings. The Bertz CT molecular complexity index is 269. The molecule has 1 aromatic carbocycles. The van der Waals surface area contributed by atoms with Crippen molar-refractivity contribution in [1.82, 2.24) is 5.32 Å². The second kappa shape index (κ2) is 5.64. The van der Waals surface area contributed by atoms with Gasteiger partial charge in [0.05, 0.1) is 0 Å². The first-order chi connectivity index (χ1) is 6.40. The van der Waals surface area contributed by atoms with Crippen LogP contribution in [0.1, 0.15) is 24.9 Å². The number of thioether (sulfide) groups is 1. The first kappa shape index (κ1) is 11.9. The Labute approximate surface area is 96.1 Å². The van der Waals surface area contributed by atoms with Crippen molar-refractivity contribution in [2.24, 2.45) is 0 Å². The lowest BCUT2D eigenvalue weighted by Gasteiger charge is -2.28. The van der Waals surface area contributed by atoms with E-state index in [0.717, 1.165) is 5.75 Å². The van der Waals surface area contributed by atoms with Gasteiger partial charge in [0.1, 0.15) is 0 Å². The van der Waals surface area contributed by atoms with Gasteiger partial charge in [0.2, 0.25) is 0 Å². The fraction of sp³-hybridized carbons (Fsp3) is 0.455. The average Bonchev–Trinajstić information content (AvgIpc) is 2.06. The van der Waals surface area contributed by atoms with Crippen LogP contribution < -0.4 is 5.32 Å². The Morgan fingerprint density at radius 1 is 1.36 bits per heavy atom. The number of hydrogen-bond acceptors (Lipinski definition) is 2. The Morgan fingerprint density at radius 2 is 2.00 bits per heavy atom. The molecule has 2 rings (SSSR count). The zero-order chi connectivity index (χ0) is 9.10. The molecule has 3 heteroatoms. The van der Waals surface area contributed by atoms with Crippen molar-refractivity contribution in [3.63, 3.8) is 0 Å². The lowest BCUT2D eigenvalue weighted by molar-refractivity contribution is 0.383. The van der Waals surface area contributed by atoms with Gasteiger partial charge in [0.25, 0.3) is 0 Å². The van der Waals surface area contributed by atoms with Gasteiger partial charge in [-0.2, -0.15) is 0 Å². The molecule has 0 radical (unpaired) electrons. The lowest BCUT2D eigenvalue weighted by atomic mass is 9.98. The highest BCUT2D eigenvalue weighted by atomic mass is 35.5. The van der Waals surface area contributed by atoms with Crippen LogP contribution in [0.4, 0.5) is 0 Å². The molecule has 0 aliphatic carbocycles. The number of hydrogen-bond donors (Lipinski definition) is 1. The van der Waals surface area contributed by atoms with Crippen molar-refractivity contribution in [3.05, 3.63) is 29.8 Å². The van der Waals surface area contributed by atoms with Crippen LogP contribution in [0.25, 0.3) is 0 Å². The minimum atomic E-state index is 0. The van der Waals surface area contributed by atoms with E-state index in [4.69, 9.17) is 0 Å². The summed E-state index contributed by atoms with van der Waals surface area (Å²) in [5, 5.41) is 3.41. The summed E-state index contributed by atoms with van der Waals surface area (Å²) in [5.74, 6) is 1.15. The Kier molecular flexibility index (Phi) is 4.79. The molecule has 14 heavy (non-hydrogen) atoms. The maximum absolute atomic E-state index is 3.41. The summed E-state index contributed by atoms with van der Waals surface area (Å²) in [6, 6.07) is 9.57. The summed E-state index contributed by atoms with van der Waals surface area (Å²) in [4.78, 5) is 1.38. The van der Waals surface area contributed by atoms with E-state index >= 15 is 0 Å². The number of nitrogens with one attached hydrogen (secondary N) is 1. The summed E-state index contributed by atoms with van der Waals surface area (Å²) in [7, 11) is 0. The largest absolute Gasteiger partial charge is 0.310 e. The monoisotopic (exact) mass is 229 g/mol. The molecule has 0 saturated carbocycles. The van der Waals surface area contributed by atoms with E-state index in [-0.39, 0.29) is 12.4 Å². The molecule has 0 aromatic heterocycles. The van der Waals surface area contributed by atoms with Crippen molar-refractivity contribution in [1.29, 1.82) is 0 Å². The third-order valence-corrected chi connectivity index (χ3v) is 3.31. The van der Waals surface area contributed by atoms with Crippen molar-refractivity contribution >= 4 is 24.2 Å². The van der Waals surface area contributed by atoms with E-state index in [1.54, 1.807) is 0 Å². The highest BCUT2D eigenvalue weighted by molar-refractivity contribution is 7.99. The fourth-order valence-electron chi connectivity index (χ4n) is 1.54. The summed E-state index contributed by atoms with van der Waals surface area (Å²) < 4.78 is 0. The highest BCUT2D eigenvalue weighted by Crippen LogP contribution is 2.25. The molecule has 1 N–H and O–H groups in total. The van der Waals surface area contributed by atoms with Gasteiger partial charge in [-0.05, 0) is 36.4 Å². The van der Waals surface area contributed by atoms with E-state index in [0.29, 0.717) is 6.04 Å². The minimum absolute atomic E-state index is 0. The Morgan fingerprint density at radius 3 is 2.43 bits per heavy atom. The molecule has 0 spiro atoms. The zero-order valence-electron chi connectivity index (χ0n) is 8.32. The third-order valence-electron chi connectivity index (χ3n) is 2.42. The van der Waals surface area contributed by atoms with Gasteiger partial charge < -0.3 is 5.32 Å². The Balaban J connectivity index is 0.000000980. The summed E-state index contributed by atoms with van der Waals surface area (Å²) in [6.45, 7) is 3.36. The van der Waals surface area contributed by atoms with Gasteiger partial charge >= 0.3 is 0 Å². The van der Waals surface area contributed by atoms with Crippen molar-refractivity contribution in [2.75, 3.05) is 12.3 Å². The van der Waals surface area contributed by atoms with E-state index in [1.165, 1.54) is 23.4 Å². The van der Waals surface area contributed by atoms with Gasteiger partial charge in [0, 0.05) is 10.9 Å². The van der Waals surface area contributed by atoms with Crippen LogP contribution >= 0.6 is 24.2 Å². The molecule has 0 unspecified atom stereocenters. The summed E-state index contributed by atoms with van der Waals surface area (Å²) in [6.07, 6.45) is 1.29. The normalized spacial score (nSPS) is 19.6. The van der Waals surface area contributed by atoms with Crippen LogP contribution in [0, 0.1) is 0 Å². The van der Waals surface area contributed by atoms with E-state index in [1.807, 2.05) is 11.8 Å². The van der Waals surface area contributed by atoms with Gasteiger partial charge in [-0.3, -0.25) is 0 Å². The predicted octanol–water partition coefficient (Wildman–Crippen LogP) is 3.25. The van der Waals surface area contributed by atoms with Crippen LogP contribution in [0.2, 0.25) is 0 Å². The fourth-order valence-corrected chi connectivity index (χ4v) is 2.20. The standard InChI is InChI=1S/C11H15NS.ClH/c1-2-13-10-5-3-9(4-6-10)11-7-8-12-11;/h3-6,11-12H,2,7-8H2,1H3;1H/t11-;/m1./s1. The molecule has 78 valence electrons. The van der Waals surface area contributed by atoms with Crippen molar-refractivity contribution in [3.8, 4) is 0 Å². The van der Waals surface area contributed by atoms with Gasteiger partial charge in [0.15, 0.2) is 0 Å². The average molecular weight is 230 g/mol. The zero-order valence-corrected chi connectivity index (χ0v) is 9.96. The molecule has 1 atom stereocenters. The van der Waals surface area contributed by atoms with E-state index < -0.39 is 0 Å². The molecule has 0 amide bonds. The van der Waals surface area contributed by atoms with E-state index in [2.05, 4.69) is 36.5 Å². The molecule has 1 aromatic rings. The van der Waals surface area contributed by atoms with Crippen LogP contribution in [0.5, 0.6) is 0 Å². The topological polar surface area (TPSA) is 12.0 Å². The number of halogens is 1. The number of rotatable bonds is 3. The summed E-state index contributed by atoms with van der Waals surface area (Å²) >= 11 is 1.90. The third kappa shape index (κ3) is 2.66. The maximum Gasteiger partial charge on any atom is 0.0332 e. The van der Waals surface area contributed by atoms with Crippen LogP contribution in [-0.4, -0.2) is 12.3 Å². The quantitative estimate of drug-likeness (QED) is 0.799. The highest BCUT2D eigenvalue weighted by Gasteiger charge is 2.17. The van der Waals surface area contributed by atoms with Gasteiger partial charge in [-0.1, -0.05) is 19.1 Å². The number of benzene rings is 1. The second-order valence-corrected chi connectivity index (χ2v) is 4.63. The molecule has 1 saturated heterocycles. The van der Waals surface area contributed by atoms with Crippen LogP contribution in [0.15, 0.2) is 29.2 Å². The van der Waals surface area contributed by atoms with Crippen LogP contribution in [-0.2, 0) is 0 Å². The van der Waals surface area contributed by atoms with Gasteiger partial charge in [-0.25, -0.2) is 0 Å². The molecular weight excluding hydrogens is 214 g/mol.